The SMILES string of the molecule is CC1(Cc2cccc(F)c2)CCCN1C(=O)c1cccnn1. The molecule has 0 aliphatic carbocycles. The van der Waals surface area contributed by atoms with Crippen LogP contribution in [0.25, 0.3) is 0 Å². The molecule has 2 aromatic rings. The molecule has 114 valence electrons. The molecule has 0 N–H and O–H groups in total. The van der Waals surface area contributed by atoms with Gasteiger partial charge in [0.1, 0.15) is 5.82 Å². The van der Waals surface area contributed by atoms with E-state index in [0.717, 1.165) is 18.4 Å². The molecule has 1 saturated heterocycles. The molecule has 0 spiro atoms. The molecule has 3 rings (SSSR count). The van der Waals surface area contributed by atoms with E-state index in [1.165, 1.54) is 12.1 Å². The summed E-state index contributed by atoms with van der Waals surface area (Å²) >= 11 is 0. The smallest absolute Gasteiger partial charge is 0.274 e. The number of amides is 1. The van der Waals surface area contributed by atoms with Crippen molar-refractivity contribution in [3.63, 3.8) is 0 Å². The summed E-state index contributed by atoms with van der Waals surface area (Å²) in [6.07, 6.45) is 4.02. The quantitative estimate of drug-likeness (QED) is 0.875. The van der Waals surface area contributed by atoms with Gasteiger partial charge in [0.25, 0.3) is 5.91 Å². The van der Waals surface area contributed by atoms with Crippen LogP contribution in [0.4, 0.5) is 4.39 Å². The third-order valence-electron chi connectivity index (χ3n) is 4.26. The lowest BCUT2D eigenvalue weighted by atomic mass is 9.90. The van der Waals surface area contributed by atoms with Crippen molar-refractivity contribution in [2.75, 3.05) is 6.54 Å². The molecule has 1 aromatic carbocycles. The molecule has 1 aliphatic heterocycles. The monoisotopic (exact) mass is 299 g/mol. The van der Waals surface area contributed by atoms with E-state index in [1.54, 1.807) is 24.4 Å². The first kappa shape index (κ1) is 14.6. The summed E-state index contributed by atoms with van der Waals surface area (Å²) < 4.78 is 13.4. The summed E-state index contributed by atoms with van der Waals surface area (Å²) in [5.41, 5.74) is 0.943. The molecule has 4 nitrogen and oxygen atoms in total. The number of benzene rings is 1. The Kier molecular flexibility index (Phi) is 3.88. The topological polar surface area (TPSA) is 46.1 Å². The molecule has 0 radical (unpaired) electrons. The van der Waals surface area contributed by atoms with Crippen LogP contribution in [-0.4, -0.2) is 33.1 Å². The van der Waals surface area contributed by atoms with Gasteiger partial charge in [0.15, 0.2) is 5.69 Å². The molecule has 0 saturated carbocycles. The first-order valence-corrected chi connectivity index (χ1v) is 7.43. The predicted molar refractivity (Wildman–Crippen MR) is 80.8 cm³/mol. The number of aromatic nitrogens is 2. The van der Waals surface area contributed by atoms with Crippen LogP contribution in [0.5, 0.6) is 0 Å². The summed E-state index contributed by atoms with van der Waals surface area (Å²) in [6, 6.07) is 9.96. The number of nitrogens with zero attached hydrogens (tertiary/aromatic N) is 3. The van der Waals surface area contributed by atoms with Crippen LogP contribution in [0.15, 0.2) is 42.6 Å². The van der Waals surface area contributed by atoms with Crippen molar-refractivity contribution < 1.29 is 9.18 Å². The van der Waals surface area contributed by atoms with Crippen LogP contribution in [-0.2, 0) is 6.42 Å². The normalized spacial score (nSPS) is 21.1. The largest absolute Gasteiger partial charge is 0.332 e. The number of carbonyl (C=O) groups excluding carboxylic acids is 1. The second-order valence-corrected chi connectivity index (χ2v) is 5.97. The number of halogens is 1. The van der Waals surface area contributed by atoms with E-state index >= 15 is 0 Å². The van der Waals surface area contributed by atoms with Crippen molar-refractivity contribution in [2.24, 2.45) is 0 Å². The Morgan fingerprint density at radius 2 is 2.23 bits per heavy atom. The van der Waals surface area contributed by atoms with Crippen molar-refractivity contribution in [3.8, 4) is 0 Å². The predicted octanol–water partition coefficient (Wildman–Crippen LogP) is 2.85. The first-order valence-electron chi connectivity index (χ1n) is 7.43. The number of likely N-dealkylation sites (tertiary alicyclic amines) is 1. The van der Waals surface area contributed by atoms with Gasteiger partial charge in [-0.1, -0.05) is 12.1 Å². The zero-order chi connectivity index (χ0) is 15.6. The summed E-state index contributed by atoms with van der Waals surface area (Å²) in [5, 5.41) is 7.68. The highest BCUT2D eigenvalue weighted by atomic mass is 19.1. The molecule has 0 bridgehead atoms. The van der Waals surface area contributed by atoms with E-state index in [2.05, 4.69) is 17.1 Å². The Morgan fingerprint density at radius 3 is 2.95 bits per heavy atom. The number of hydrogen-bond acceptors (Lipinski definition) is 3. The van der Waals surface area contributed by atoms with Crippen molar-refractivity contribution in [3.05, 3.63) is 59.7 Å². The minimum absolute atomic E-state index is 0.107. The Hall–Kier alpha value is -2.30. The third kappa shape index (κ3) is 2.84. The highest BCUT2D eigenvalue weighted by Crippen LogP contribution is 2.33. The number of carbonyl (C=O) groups is 1. The van der Waals surface area contributed by atoms with Crippen LogP contribution < -0.4 is 0 Å². The molecule has 1 fully saturated rings. The number of rotatable bonds is 3. The first-order chi connectivity index (χ1) is 10.6. The maximum atomic E-state index is 13.4. The third-order valence-corrected chi connectivity index (χ3v) is 4.26. The Morgan fingerprint density at radius 1 is 1.36 bits per heavy atom. The van der Waals surface area contributed by atoms with E-state index in [4.69, 9.17) is 0 Å². The molecule has 2 heterocycles. The summed E-state index contributed by atoms with van der Waals surface area (Å²) in [6.45, 7) is 2.75. The Bertz CT molecular complexity index is 677. The average molecular weight is 299 g/mol. The van der Waals surface area contributed by atoms with E-state index in [-0.39, 0.29) is 17.3 Å². The molecule has 5 heteroatoms. The van der Waals surface area contributed by atoms with Crippen molar-refractivity contribution in [2.45, 2.75) is 31.7 Å². The zero-order valence-corrected chi connectivity index (χ0v) is 12.5. The van der Waals surface area contributed by atoms with Gasteiger partial charge >= 0.3 is 0 Å². The van der Waals surface area contributed by atoms with E-state index < -0.39 is 0 Å². The van der Waals surface area contributed by atoms with Gasteiger partial charge in [-0.25, -0.2) is 4.39 Å². The molecule has 1 atom stereocenters. The van der Waals surface area contributed by atoms with Gasteiger partial charge in [0.2, 0.25) is 0 Å². The van der Waals surface area contributed by atoms with Crippen molar-refractivity contribution in [1.29, 1.82) is 0 Å². The van der Waals surface area contributed by atoms with Crippen LogP contribution in [0, 0.1) is 5.82 Å². The highest BCUT2D eigenvalue weighted by Gasteiger charge is 2.40. The van der Waals surface area contributed by atoms with Gasteiger partial charge in [-0.2, -0.15) is 5.10 Å². The van der Waals surface area contributed by atoms with Crippen LogP contribution >= 0.6 is 0 Å². The van der Waals surface area contributed by atoms with Gasteiger partial charge in [-0.15, -0.1) is 5.10 Å². The maximum Gasteiger partial charge on any atom is 0.274 e. The zero-order valence-electron chi connectivity index (χ0n) is 12.5. The summed E-state index contributed by atoms with van der Waals surface area (Å²) in [4.78, 5) is 14.5. The summed E-state index contributed by atoms with van der Waals surface area (Å²) in [7, 11) is 0. The van der Waals surface area contributed by atoms with Crippen LogP contribution in [0.1, 0.15) is 35.8 Å². The lowest BCUT2D eigenvalue weighted by molar-refractivity contribution is 0.0617. The minimum Gasteiger partial charge on any atom is -0.332 e. The molecular formula is C17H18FN3O. The fourth-order valence-corrected chi connectivity index (χ4v) is 3.19. The van der Waals surface area contributed by atoms with Gasteiger partial charge < -0.3 is 4.90 Å². The van der Waals surface area contributed by atoms with Gasteiger partial charge in [0.05, 0.1) is 0 Å². The molecule has 1 amide bonds. The fourth-order valence-electron chi connectivity index (χ4n) is 3.19. The maximum absolute atomic E-state index is 13.4. The summed E-state index contributed by atoms with van der Waals surface area (Å²) in [5.74, 6) is -0.351. The second kappa shape index (κ2) is 5.83. The van der Waals surface area contributed by atoms with E-state index in [0.29, 0.717) is 18.7 Å². The number of hydrogen-bond donors (Lipinski definition) is 0. The van der Waals surface area contributed by atoms with Crippen molar-refractivity contribution in [1.82, 2.24) is 15.1 Å². The second-order valence-electron chi connectivity index (χ2n) is 5.97. The highest BCUT2D eigenvalue weighted by molar-refractivity contribution is 5.92. The fraction of sp³-hybridized carbons (Fsp3) is 0.353. The van der Waals surface area contributed by atoms with Gasteiger partial charge in [-0.3, -0.25) is 4.79 Å². The van der Waals surface area contributed by atoms with Crippen LogP contribution in [0.2, 0.25) is 0 Å². The van der Waals surface area contributed by atoms with Gasteiger partial charge in [-0.05, 0) is 56.0 Å². The minimum atomic E-state index is -0.317. The van der Waals surface area contributed by atoms with E-state index in [9.17, 15) is 9.18 Å². The van der Waals surface area contributed by atoms with E-state index in [1.807, 2.05) is 11.0 Å². The lowest BCUT2D eigenvalue weighted by Crippen LogP contribution is -2.46. The Labute approximate surface area is 129 Å². The lowest BCUT2D eigenvalue weighted by Gasteiger charge is -2.35. The molecule has 1 unspecified atom stereocenters. The molecule has 1 aliphatic rings. The average Bonchev–Trinajstić information content (AvgIpc) is 2.88. The molecule has 22 heavy (non-hydrogen) atoms. The van der Waals surface area contributed by atoms with Crippen LogP contribution in [0.3, 0.4) is 0 Å². The Balaban J connectivity index is 1.84. The van der Waals surface area contributed by atoms with Gasteiger partial charge in [0, 0.05) is 18.3 Å². The van der Waals surface area contributed by atoms with Crippen molar-refractivity contribution >= 4 is 5.91 Å². The molecular weight excluding hydrogens is 281 g/mol. The molecule has 1 aromatic heterocycles. The standard InChI is InChI=1S/C17H18FN3O/c1-17(12-13-5-2-6-14(18)11-13)8-4-10-21(17)16(22)15-7-3-9-19-20-15/h2-3,5-7,9,11H,4,8,10,12H2,1H3.